The summed E-state index contributed by atoms with van der Waals surface area (Å²) in [7, 11) is 0. The van der Waals surface area contributed by atoms with Crippen molar-refractivity contribution in [2.24, 2.45) is 11.8 Å². The third-order valence-corrected chi connectivity index (χ3v) is 2.57. The Labute approximate surface area is 122 Å². The minimum atomic E-state index is -0.633. The molecule has 1 N–H and O–H groups in total. The number of hydrogen-bond acceptors (Lipinski definition) is 4. The number of unbranched alkanes of at least 4 members (excludes halogenated alkanes) is 1. The normalized spacial score (nSPS) is 12.3. The van der Waals surface area contributed by atoms with E-state index in [1.54, 1.807) is 0 Å². The summed E-state index contributed by atoms with van der Waals surface area (Å²) in [6.45, 7) is 10.7. The second kappa shape index (κ2) is 10.5. The van der Waals surface area contributed by atoms with E-state index < -0.39 is 12.1 Å². The van der Waals surface area contributed by atoms with Crippen LogP contribution in [0.1, 0.15) is 53.9 Å². The van der Waals surface area contributed by atoms with Gasteiger partial charge in [-0.2, -0.15) is 0 Å². The number of alkyl carbamates (subject to hydrolysis) is 1. The number of esters is 1. The molecule has 1 amide bonds. The van der Waals surface area contributed by atoms with Gasteiger partial charge in [0.05, 0.1) is 13.2 Å². The number of hydrogen-bond donors (Lipinski definition) is 1. The summed E-state index contributed by atoms with van der Waals surface area (Å²) in [4.78, 5) is 23.6. The van der Waals surface area contributed by atoms with Crippen molar-refractivity contribution in [1.29, 1.82) is 0 Å². The van der Waals surface area contributed by atoms with Crippen LogP contribution < -0.4 is 5.32 Å². The van der Waals surface area contributed by atoms with Gasteiger partial charge in [0.2, 0.25) is 0 Å². The summed E-state index contributed by atoms with van der Waals surface area (Å²) < 4.78 is 10.2. The van der Waals surface area contributed by atoms with Gasteiger partial charge in [0.15, 0.2) is 0 Å². The van der Waals surface area contributed by atoms with E-state index in [9.17, 15) is 9.59 Å². The Morgan fingerprint density at radius 3 is 2.20 bits per heavy atom. The number of amides is 1. The molecule has 0 bridgehead atoms. The molecule has 0 aliphatic heterocycles. The molecule has 0 saturated carbocycles. The summed E-state index contributed by atoms with van der Waals surface area (Å²) in [5.41, 5.74) is 0. The molecule has 0 saturated heterocycles. The zero-order chi connectivity index (χ0) is 15.5. The van der Waals surface area contributed by atoms with Gasteiger partial charge in [-0.05, 0) is 24.7 Å². The Hall–Kier alpha value is -1.26. The van der Waals surface area contributed by atoms with Crippen LogP contribution in [0.2, 0.25) is 0 Å². The van der Waals surface area contributed by atoms with E-state index in [2.05, 4.69) is 5.32 Å². The van der Waals surface area contributed by atoms with Crippen molar-refractivity contribution in [3.63, 3.8) is 0 Å². The summed E-state index contributed by atoms with van der Waals surface area (Å²) in [5, 5.41) is 2.59. The van der Waals surface area contributed by atoms with Crippen LogP contribution in [-0.4, -0.2) is 31.3 Å². The fourth-order valence-electron chi connectivity index (χ4n) is 1.53. The molecule has 5 nitrogen and oxygen atoms in total. The fourth-order valence-corrected chi connectivity index (χ4v) is 1.53. The molecular weight excluding hydrogens is 258 g/mol. The Morgan fingerprint density at radius 2 is 1.70 bits per heavy atom. The number of rotatable bonds is 9. The zero-order valence-electron chi connectivity index (χ0n) is 13.4. The third kappa shape index (κ3) is 9.64. The van der Waals surface area contributed by atoms with Crippen LogP contribution in [0.4, 0.5) is 4.79 Å². The molecule has 0 aliphatic carbocycles. The van der Waals surface area contributed by atoms with E-state index in [0.29, 0.717) is 19.6 Å². The van der Waals surface area contributed by atoms with E-state index in [-0.39, 0.29) is 17.8 Å². The summed E-state index contributed by atoms with van der Waals surface area (Å²) in [6.07, 6.45) is 1.78. The first kappa shape index (κ1) is 18.7. The van der Waals surface area contributed by atoms with Gasteiger partial charge in [0.1, 0.15) is 6.04 Å². The molecule has 0 radical (unpaired) electrons. The highest BCUT2D eigenvalue weighted by atomic mass is 16.6. The topological polar surface area (TPSA) is 64.6 Å². The van der Waals surface area contributed by atoms with Gasteiger partial charge < -0.3 is 14.8 Å². The van der Waals surface area contributed by atoms with Crippen molar-refractivity contribution < 1.29 is 19.1 Å². The maximum absolute atomic E-state index is 11.9. The minimum Gasteiger partial charge on any atom is -0.464 e. The molecule has 118 valence electrons. The summed E-state index contributed by atoms with van der Waals surface area (Å²) in [6, 6.07) is -0.633. The van der Waals surface area contributed by atoms with Gasteiger partial charge in [-0.3, -0.25) is 0 Å². The fraction of sp³-hybridized carbons (Fsp3) is 0.867. The Kier molecular flexibility index (Phi) is 9.86. The summed E-state index contributed by atoms with van der Waals surface area (Å²) in [5.74, 6) is 0.165. The molecule has 0 aliphatic rings. The lowest BCUT2D eigenvalue weighted by Gasteiger charge is -2.19. The van der Waals surface area contributed by atoms with Crippen molar-refractivity contribution in [2.45, 2.75) is 59.9 Å². The molecule has 20 heavy (non-hydrogen) atoms. The molecule has 0 aromatic rings. The van der Waals surface area contributed by atoms with Crippen molar-refractivity contribution in [3.8, 4) is 0 Å². The van der Waals surface area contributed by atoms with Gasteiger partial charge in [0, 0.05) is 0 Å². The molecule has 0 fully saturated rings. The molecule has 5 heteroatoms. The highest BCUT2D eigenvalue weighted by Gasteiger charge is 2.24. The molecule has 0 heterocycles. The predicted octanol–water partition coefficient (Wildman–Crippen LogP) is 3.13. The van der Waals surface area contributed by atoms with E-state index in [0.717, 1.165) is 12.8 Å². The van der Waals surface area contributed by atoms with Gasteiger partial charge in [-0.1, -0.05) is 41.0 Å². The largest absolute Gasteiger partial charge is 0.464 e. The SMILES string of the molecule is CCCCOC(=O)[C@H](CC(C)C)NC(=O)OCC(C)C. The van der Waals surface area contributed by atoms with E-state index in [1.807, 2.05) is 34.6 Å². The first-order chi connectivity index (χ1) is 9.36. The average Bonchev–Trinajstić information content (AvgIpc) is 2.35. The molecule has 0 spiro atoms. The number of nitrogens with one attached hydrogen (secondary N) is 1. The van der Waals surface area contributed by atoms with Crippen molar-refractivity contribution in [1.82, 2.24) is 5.32 Å². The highest BCUT2D eigenvalue weighted by Crippen LogP contribution is 2.07. The summed E-state index contributed by atoms with van der Waals surface area (Å²) >= 11 is 0. The number of carbonyl (C=O) groups excluding carboxylic acids is 2. The maximum Gasteiger partial charge on any atom is 0.407 e. The monoisotopic (exact) mass is 287 g/mol. The average molecular weight is 287 g/mol. The van der Waals surface area contributed by atoms with Gasteiger partial charge in [-0.25, -0.2) is 9.59 Å². The highest BCUT2D eigenvalue weighted by molar-refractivity contribution is 5.81. The van der Waals surface area contributed by atoms with Crippen molar-refractivity contribution in [3.05, 3.63) is 0 Å². The second-order valence-electron chi connectivity index (χ2n) is 5.84. The van der Waals surface area contributed by atoms with Crippen LogP contribution >= 0.6 is 0 Å². The van der Waals surface area contributed by atoms with Crippen LogP contribution in [0, 0.1) is 11.8 Å². The predicted molar refractivity (Wildman–Crippen MR) is 78.4 cm³/mol. The third-order valence-electron chi connectivity index (χ3n) is 2.57. The van der Waals surface area contributed by atoms with E-state index in [1.165, 1.54) is 0 Å². The van der Waals surface area contributed by atoms with E-state index >= 15 is 0 Å². The minimum absolute atomic E-state index is 0.265. The lowest BCUT2D eigenvalue weighted by molar-refractivity contribution is -0.146. The van der Waals surface area contributed by atoms with Gasteiger partial charge >= 0.3 is 12.1 Å². The Morgan fingerprint density at radius 1 is 1.05 bits per heavy atom. The van der Waals surface area contributed by atoms with Crippen LogP contribution in [0.25, 0.3) is 0 Å². The van der Waals surface area contributed by atoms with Crippen molar-refractivity contribution >= 4 is 12.1 Å². The molecule has 0 rings (SSSR count). The van der Waals surface area contributed by atoms with Crippen LogP contribution in [0.15, 0.2) is 0 Å². The Balaban J connectivity index is 4.32. The first-order valence-corrected chi connectivity index (χ1v) is 7.46. The number of ether oxygens (including phenoxy) is 2. The van der Waals surface area contributed by atoms with Crippen LogP contribution in [0.3, 0.4) is 0 Å². The molecular formula is C15H29NO4. The first-order valence-electron chi connectivity index (χ1n) is 7.46. The maximum atomic E-state index is 11.9. The van der Waals surface area contributed by atoms with Gasteiger partial charge in [0.25, 0.3) is 0 Å². The molecule has 0 unspecified atom stereocenters. The Bertz CT molecular complexity index is 290. The molecule has 0 aromatic carbocycles. The van der Waals surface area contributed by atoms with Crippen LogP contribution in [0.5, 0.6) is 0 Å². The quantitative estimate of drug-likeness (QED) is 0.522. The molecule has 0 aromatic heterocycles. The smallest absolute Gasteiger partial charge is 0.407 e. The second-order valence-corrected chi connectivity index (χ2v) is 5.84. The van der Waals surface area contributed by atoms with Crippen LogP contribution in [-0.2, 0) is 14.3 Å². The lowest BCUT2D eigenvalue weighted by Crippen LogP contribution is -2.43. The van der Waals surface area contributed by atoms with E-state index in [4.69, 9.17) is 9.47 Å². The van der Waals surface area contributed by atoms with Gasteiger partial charge in [-0.15, -0.1) is 0 Å². The standard InChI is InChI=1S/C15H29NO4/c1-6-7-8-19-14(17)13(9-11(2)3)16-15(18)20-10-12(4)5/h11-13H,6-10H2,1-5H3,(H,16,18)/t13-/m0/s1. The molecule has 1 atom stereocenters. The number of carbonyl (C=O) groups is 2. The lowest BCUT2D eigenvalue weighted by atomic mass is 10.0. The zero-order valence-corrected chi connectivity index (χ0v) is 13.4. The van der Waals surface area contributed by atoms with Crippen molar-refractivity contribution in [2.75, 3.05) is 13.2 Å².